The number of carbonyl (C=O) groups is 1. The molecule has 1 amide bonds. The predicted molar refractivity (Wildman–Crippen MR) is 117 cm³/mol. The lowest BCUT2D eigenvalue weighted by Crippen LogP contribution is -2.22. The fraction of sp³-hybridized carbons (Fsp3) is 0.0800. The molecule has 2 aromatic heterocycles. The second kappa shape index (κ2) is 7.91. The van der Waals surface area contributed by atoms with E-state index in [2.05, 4.69) is 15.5 Å². The Hall–Kier alpha value is -4.19. The molecule has 0 bridgehead atoms. The van der Waals surface area contributed by atoms with Crippen molar-refractivity contribution < 1.29 is 13.7 Å². The lowest BCUT2D eigenvalue weighted by atomic mass is 10.1. The van der Waals surface area contributed by atoms with Gasteiger partial charge in [0.25, 0.3) is 5.91 Å². The van der Waals surface area contributed by atoms with Gasteiger partial charge in [0.15, 0.2) is 5.58 Å². The molecule has 0 atom stereocenters. The molecular weight excluding hydrogens is 390 g/mol. The molecule has 0 radical (unpaired) electrons. The Bertz CT molecular complexity index is 1350. The Morgan fingerprint density at radius 1 is 1.00 bits per heavy atom. The maximum Gasteiger partial charge on any atom is 0.251 e. The Morgan fingerprint density at radius 2 is 1.81 bits per heavy atom. The van der Waals surface area contributed by atoms with Gasteiger partial charge in [0.1, 0.15) is 17.7 Å². The average Bonchev–Trinajstić information content (AvgIpc) is 3.45. The molecule has 2 heterocycles. The van der Waals surface area contributed by atoms with Crippen molar-refractivity contribution in [1.29, 1.82) is 0 Å². The second-order valence-corrected chi connectivity index (χ2v) is 7.31. The third-order valence-corrected chi connectivity index (χ3v) is 5.07. The summed E-state index contributed by atoms with van der Waals surface area (Å²) in [5.41, 5.74) is 5.27. The third-order valence-electron chi connectivity index (χ3n) is 5.07. The first kappa shape index (κ1) is 18.8. The van der Waals surface area contributed by atoms with E-state index in [4.69, 9.17) is 8.94 Å². The highest BCUT2D eigenvalue weighted by Crippen LogP contribution is 2.30. The first-order chi connectivity index (χ1) is 15.2. The van der Waals surface area contributed by atoms with E-state index in [0.717, 1.165) is 16.7 Å². The van der Waals surface area contributed by atoms with Crippen LogP contribution in [0, 0.1) is 6.92 Å². The molecule has 6 nitrogen and oxygen atoms in total. The fourth-order valence-electron chi connectivity index (χ4n) is 3.36. The largest absolute Gasteiger partial charge is 0.444 e. The number of rotatable bonds is 5. The van der Waals surface area contributed by atoms with E-state index in [-0.39, 0.29) is 5.91 Å². The van der Waals surface area contributed by atoms with E-state index >= 15 is 0 Å². The number of aryl methyl sites for hydroxylation is 1. The van der Waals surface area contributed by atoms with Gasteiger partial charge in [-0.25, -0.2) is 4.98 Å². The molecule has 0 aliphatic heterocycles. The number of amides is 1. The number of nitrogens with one attached hydrogen (secondary N) is 1. The zero-order valence-electron chi connectivity index (χ0n) is 16.8. The number of fused-ring (bicyclic) bond motifs is 1. The monoisotopic (exact) mass is 409 g/mol. The average molecular weight is 409 g/mol. The fourth-order valence-corrected chi connectivity index (χ4v) is 3.36. The summed E-state index contributed by atoms with van der Waals surface area (Å²) in [6.45, 7) is 2.48. The van der Waals surface area contributed by atoms with Gasteiger partial charge in [-0.05, 0) is 42.8 Å². The minimum absolute atomic E-state index is 0.168. The first-order valence-corrected chi connectivity index (χ1v) is 9.92. The number of nitrogens with zero attached hydrogens (tertiary/aromatic N) is 2. The first-order valence-electron chi connectivity index (χ1n) is 9.92. The van der Waals surface area contributed by atoms with Gasteiger partial charge in [0.2, 0.25) is 5.89 Å². The van der Waals surface area contributed by atoms with Crippen molar-refractivity contribution in [2.24, 2.45) is 0 Å². The number of benzene rings is 3. The number of hydrogen-bond acceptors (Lipinski definition) is 5. The summed E-state index contributed by atoms with van der Waals surface area (Å²) in [5.74, 6) is 0.335. The van der Waals surface area contributed by atoms with E-state index in [0.29, 0.717) is 40.4 Å². The molecule has 6 heteroatoms. The predicted octanol–water partition coefficient (Wildman–Crippen LogP) is 5.39. The molecule has 1 N–H and O–H groups in total. The maximum atomic E-state index is 12.7. The van der Waals surface area contributed by atoms with Crippen LogP contribution in [0.1, 0.15) is 21.5 Å². The number of oxazole rings is 1. The molecule has 0 saturated heterocycles. The Kier molecular flexibility index (Phi) is 4.80. The van der Waals surface area contributed by atoms with Crippen molar-refractivity contribution in [3.8, 4) is 22.8 Å². The van der Waals surface area contributed by atoms with Gasteiger partial charge < -0.3 is 14.3 Å². The van der Waals surface area contributed by atoms with Gasteiger partial charge in [-0.2, -0.15) is 0 Å². The molecule has 5 aromatic rings. The van der Waals surface area contributed by atoms with E-state index < -0.39 is 0 Å². The van der Waals surface area contributed by atoms with Crippen LogP contribution in [0.3, 0.4) is 0 Å². The zero-order chi connectivity index (χ0) is 21.2. The van der Waals surface area contributed by atoms with Crippen LogP contribution >= 0.6 is 0 Å². The molecule has 0 spiro atoms. The van der Waals surface area contributed by atoms with Crippen LogP contribution in [0.2, 0.25) is 0 Å². The molecule has 0 fully saturated rings. The molecule has 0 unspecified atom stereocenters. The molecule has 31 heavy (non-hydrogen) atoms. The highest BCUT2D eigenvalue weighted by molar-refractivity contribution is 6.00. The zero-order valence-corrected chi connectivity index (χ0v) is 16.8. The van der Waals surface area contributed by atoms with Crippen molar-refractivity contribution in [2.45, 2.75) is 13.5 Å². The Balaban J connectivity index is 1.41. The van der Waals surface area contributed by atoms with Crippen LogP contribution in [-0.4, -0.2) is 16.0 Å². The van der Waals surface area contributed by atoms with Crippen LogP contribution in [-0.2, 0) is 6.54 Å². The van der Waals surface area contributed by atoms with E-state index in [1.165, 1.54) is 0 Å². The standard InChI is InChI=1S/C25H19N3O3/c1-16-7-9-18(10-8-16)25-27-21(15-30-25)23-20-13-19(11-12-22(20)31-28-23)24(29)26-14-17-5-3-2-4-6-17/h2-13,15H,14H2,1H3,(H,26,29). The van der Waals surface area contributed by atoms with Crippen molar-refractivity contribution in [3.63, 3.8) is 0 Å². The number of carbonyl (C=O) groups excluding carboxylic acids is 1. The van der Waals surface area contributed by atoms with Crippen LogP contribution in [0.15, 0.2) is 88.0 Å². The van der Waals surface area contributed by atoms with Crippen LogP contribution in [0.5, 0.6) is 0 Å². The lowest BCUT2D eigenvalue weighted by Gasteiger charge is -2.05. The molecule has 3 aromatic carbocycles. The van der Waals surface area contributed by atoms with Gasteiger partial charge in [0, 0.05) is 17.7 Å². The van der Waals surface area contributed by atoms with Gasteiger partial charge in [-0.15, -0.1) is 0 Å². The van der Waals surface area contributed by atoms with E-state index in [1.54, 1.807) is 24.5 Å². The summed E-state index contributed by atoms with van der Waals surface area (Å²) in [6, 6.07) is 22.9. The quantitative estimate of drug-likeness (QED) is 0.421. The smallest absolute Gasteiger partial charge is 0.251 e. The van der Waals surface area contributed by atoms with Crippen molar-refractivity contribution >= 4 is 16.9 Å². The van der Waals surface area contributed by atoms with Gasteiger partial charge in [-0.3, -0.25) is 4.79 Å². The molecule has 0 aliphatic carbocycles. The molecular formula is C25H19N3O3. The topological polar surface area (TPSA) is 81.2 Å². The minimum Gasteiger partial charge on any atom is -0.444 e. The molecule has 152 valence electrons. The number of hydrogen-bond donors (Lipinski definition) is 1. The van der Waals surface area contributed by atoms with Crippen molar-refractivity contribution in [2.75, 3.05) is 0 Å². The normalized spacial score (nSPS) is 11.0. The van der Waals surface area contributed by atoms with Crippen LogP contribution < -0.4 is 5.32 Å². The summed E-state index contributed by atoms with van der Waals surface area (Å²) in [5, 5.41) is 7.79. The van der Waals surface area contributed by atoms with Gasteiger partial charge in [0.05, 0.1) is 5.39 Å². The number of aromatic nitrogens is 2. The summed E-state index contributed by atoms with van der Waals surface area (Å²) < 4.78 is 11.1. The van der Waals surface area contributed by atoms with Gasteiger partial charge in [-0.1, -0.05) is 53.2 Å². The molecule has 0 aliphatic rings. The van der Waals surface area contributed by atoms with Crippen LogP contribution in [0.4, 0.5) is 0 Å². The van der Waals surface area contributed by atoms with Gasteiger partial charge >= 0.3 is 0 Å². The summed E-state index contributed by atoms with van der Waals surface area (Å²) >= 11 is 0. The van der Waals surface area contributed by atoms with Crippen molar-refractivity contribution in [3.05, 3.63) is 95.7 Å². The Labute approximate surface area is 178 Å². The second-order valence-electron chi connectivity index (χ2n) is 7.31. The van der Waals surface area contributed by atoms with Crippen LogP contribution in [0.25, 0.3) is 33.8 Å². The summed E-state index contributed by atoms with van der Waals surface area (Å²) in [4.78, 5) is 17.2. The van der Waals surface area contributed by atoms with Crippen molar-refractivity contribution in [1.82, 2.24) is 15.5 Å². The highest BCUT2D eigenvalue weighted by atomic mass is 16.5. The molecule has 0 saturated carbocycles. The van der Waals surface area contributed by atoms with E-state index in [1.807, 2.05) is 61.5 Å². The maximum absolute atomic E-state index is 12.7. The lowest BCUT2D eigenvalue weighted by molar-refractivity contribution is 0.0951. The summed E-state index contributed by atoms with van der Waals surface area (Å²) in [6.07, 6.45) is 1.55. The summed E-state index contributed by atoms with van der Waals surface area (Å²) in [7, 11) is 0. The SMILES string of the molecule is Cc1ccc(-c2nc(-c3noc4ccc(C(=O)NCc5ccccc5)cc34)co2)cc1. The third kappa shape index (κ3) is 3.83. The minimum atomic E-state index is -0.168. The molecule has 5 rings (SSSR count). The Morgan fingerprint density at radius 3 is 2.61 bits per heavy atom. The highest BCUT2D eigenvalue weighted by Gasteiger charge is 2.17. The van der Waals surface area contributed by atoms with E-state index in [9.17, 15) is 4.79 Å².